The average molecular weight is 609 g/mol. The highest BCUT2D eigenvalue weighted by Crippen LogP contribution is 2.30. The summed E-state index contributed by atoms with van der Waals surface area (Å²) in [6.45, 7) is 0.469. The Kier molecular flexibility index (Phi) is 8.79. The SMILES string of the molecule is O=C(N/N=C/c1ccc(OCC(=O)N(Cc2c[nH]c3ccccc23)C2CCCCC2)c2ccccc12)c1ccc(O)c(Cl)c1. The van der Waals surface area contributed by atoms with Gasteiger partial charge in [0.2, 0.25) is 0 Å². The van der Waals surface area contributed by atoms with E-state index in [0.717, 1.165) is 58.5 Å². The van der Waals surface area contributed by atoms with E-state index in [1.807, 2.05) is 65.7 Å². The van der Waals surface area contributed by atoms with Gasteiger partial charge >= 0.3 is 0 Å². The van der Waals surface area contributed by atoms with Gasteiger partial charge in [0.15, 0.2) is 6.61 Å². The summed E-state index contributed by atoms with van der Waals surface area (Å²) in [5.41, 5.74) is 5.71. The molecule has 1 aliphatic carbocycles. The number of rotatable bonds is 9. The number of aromatic nitrogens is 1. The second-order valence-corrected chi connectivity index (χ2v) is 11.4. The first kappa shape index (κ1) is 29.3. The van der Waals surface area contributed by atoms with Crippen molar-refractivity contribution in [3.8, 4) is 11.5 Å². The highest BCUT2D eigenvalue weighted by molar-refractivity contribution is 6.32. The quantitative estimate of drug-likeness (QED) is 0.122. The fourth-order valence-electron chi connectivity index (χ4n) is 5.89. The van der Waals surface area contributed by atoms with E-state index in [-0.39, 0.29) is 34.9 Å². The molecule has 1 saturated carbocycles. The van der Waals surface area contributed by atoms with Crippen LogP contribution >= 0.6 is 11.6 Å². The number of halogens is 1. The minimum Gasteiger partial charge on any atom is -0.506 e. The number of nitrogens with one attached hydrogen (secondary N) is 2. The molecule has 4 aromatic carbocycles. The van der Waals surface area contributed by atoms with E-state index < -0.39 is 5.91 Å². The number of hydrazone groups is 1. The number of carbonyl (C=O) groups is 2. The van der Waals surface area contributed by atoms with Gasteiger partial charge in [0.1, 0.15) is 11.5 Å². The van der Waals surface area contributed by atoms with Crippen molar-refractivity contribution >= 4 is 51.3 Å². The monoisotopic (exact) mass is 608 g/mol. The predicted octanol–water partition coefficient (Wildman–Crippen LogP) is 7.18. The van der Waals surface area contributed by atoms with Crippen LogP contribution in [-0.2, 0) is 11.3 Å². The van der Waals surface area contributed by atoms with E-state index in [1.165, 1.54) is 24.6 Å². The number of amides is 2. The van der Waals surface area contributed by atoms with E-state index in [1.54, 1.807) is 6.21 Å². The molecule has 2 amide bonds. The van der Waals surface area contributed by atoms with Crippen molar-refractivity contribution in [1.82, 2.24) is 15.3 Å². The van der Waals surface area contributed by atoms with Gasteiger partial charge in [-0.3, -0.25) is 9.59 Å². The zero-order chi connectivity index (χ0) is 30.5. The summed E-state index contributed by atoms with van der Waals surface area (Å²) in [6.07, 6.45) is 9.02. The first-order chi connectivity index (χ1) is 21.5. The number of para-hydroxylation sites is 1. The maximum Gasteiger partial charge on any atom is 0.271 e. The topological polar surface area (TPSA) is 107 Å². The zero-order valence-electron chi connectivity index (χ0n) is 24.1. The fourth-order valence-corrected chi connectivity index (χ4v) is 6.07. The van der Waals surface area contributed by atoms with Crippen molar-refractivity contribution in [3.05, 3.63) is 107 Å². The van der Waals surface area contributed by atoms with E-state index >= 15 is 0 Å². The molecule has 9 heteroatoms. The Morgan fingerprint density at radius 1 is 0.977 bits per heavy atom. The van der Waals surface area contributed by atoms with E-state index in [9.17, 15) is 14.7 Å². The fraction of sp³-hybridized carbons (Fsp3) is 0.229. The Morgan fingerprint density at radius 2 is 1.73 bits per heavy atom. The molecular weight excluding hydrogens is 576 g/mol. The van der Waals surface area contributed by atoms with E-state index in [2.05, 4.69) is 21.6 Å². The molecular formula is C35H33ClN4O4. The third kappa shape index (κ3) is 6.40. The number of aromatic amines is 1. The van der Waals surface area contributed by atoms with Crippen molar-refractivity contribution in [2.24, 2.45) is 5.10 Å². The van der Waals surface area contributed by atoms with Gasteiger partial charge in [-0.1, -0.05) is 73.3 Å². The summed E-state index contributed by atoms with van der Waals surface area (Å²) in [5.74, 6) is 0.0118. The van der Waals surface area contributed by atoms with Crippen LogP contribution in [0.15, 0.2) is 90.2 Å². The number of aromatic hydroxyl groups is 1. The van der Waals surface area contributed by atoms with Gasteiger partial charge in [0.05, 0.1) is 11.2 Å². The van der Waals surface area contributed by atoms with E-state index in [4.69, 9.17) is 16.3 Å². The number of hydrogen-bond donors (Lipinski definition) is 3. The lowest BCUT2D eigenvalue weighted by Gasteiger charge is -2.34. The van der Waals surface area contributed by atoms with Crippen LogP contribution in [0.4, 0.5) is 0 Å². The number of ether oxygens (including phenoxy) is 1. The molecule has 5 aromatic rings. The van der Waals surface area contributed by atoms with Crippen LogP contribution in [0.1, 0.15) is 53.6 Å². The predicted molar refractivity (Wildman–Crippen MR) is 173 cm³/mol. The van der Waals surface area contributed by atoms with Crippen molar-refractivity contribution < 1.29 is 19.4 Å². The molecule has 1 fully saturated rings. The normalized spacial score (nSPS) is 13.8. The standard InChI is InChI=1S/C35H33ClN4O4/c36-30-18-23(14-16-32(30)41)35(43)39-38-20-24-15-17-33(29-12-5-4-10-27(24)29)44-22-34(42)40(26-8-2-1-3-9-26)21-25-19-37-31-13-7-6-11-28(25)31/h4-7,10-20,26,37,41H,1-3,8-9,21-22H2,(H,39,43)/b38-20+. The molecule has 1 heterocycles. The molecule has 0 radical (unpaired) electrons. The number of benzene rings is 4. The number of nitrogens with zero attached hydrogens (tertiary/aromatic N) is 2. The number of fused-ring (bicyclic) bond motifs is 2. The van der Waals surface area contributed by atoms with Crippen molar-refractivity contribution in [2.45, 2.75) is 44.7 Å². The van der Waals surface area contributed by atoms with Gasteiger partial charge in [0, 0.05) is 46.2 Å². The molecule has 1 aliphatic rings. The van der Waals surface area contributed by atoms with Crippen LogP contribution < -0.4 is 10.2 Å². The minimum absolute atomic E-state index is 0.0334. The van der Waals surface area contributed by atoms with Crippen LogP contribution in [0.3, 0.4) is 0 Å². The third-order valence-corrected chi connectivity index (χ3v) is 8.50. The molecule has 0 unspecified atom stereocenters. The van der Waals surface area contributed by atoms with Crippen LogP contribution in [0.25, 0.3) is 21.7 Å². The third-order valence-electron chi connectivity index (χ3n) is 8.20. The van der Waals surface area contributed by atoms with Crippen molar-refractivity contribution in [3.63, 3.8) is 0 Å². The number of carbonyl (C=O) groups excluding carboxylic acids is 2. The lowest BCUT2D eigenvalue weighted by molar-refractivity contribution is -0.137. The van der Waals surface area contributed by atoms with Crippen LogP contribution in [0.5, 0.6) is 11.5 Å². The van der Waals surface area contributed by atoms with Crippen LogP contribution in [0.2, 0.25) is 5.02 Å². The Labute approximate surface area is 260 Å². The minimum atomic E-state index is -0.457. The Morgan fingerprint density at radius 3 is 2.52 bits per heavy atom. The molecule has 3 N–H and O–H groups in total. The zero-order valence-corrected chi connectivity index (χ0v) is 24.9. The Balaban J connectivity index is 1.17. The second kappa shape index (κ2) is 13.2. The Bertz CT molecular complexity index is 1840. The van der Waals surface area contributed by atoms with Gasteiger partial charge < -0.3 is 19.7 Å². The summed E-state index contributed by atoms with van der Waals surface area (Å²) in [7, 11) is 0. The molecule has 224 valence electrons. The Hall–Kier alpha value is -4.82. The molecule has 6 rings (SSSR count). The number of hydrogen-bond acceptors (Lipinski definition) is 5. The molecule has 0 spiro atoms. The maximum atomic E-state index is 13.8. The smallest absolute Gasteiger partial charge is 0.271 e. The van der Waals surface area contributed by atoms with Crippen LogP contribution in [-0.4, -0.2) is 45.7 Å². The summed E-state index contributed by atoms with van der Waals surface area (Å²) < 4.78 is 6.19. The summed E-state index contributed by atoms with van der Waals surface area (Å²) >= 11 is 5.92. The largest absolute Gasteiger partial charge is 0.506 e. The molecule has 1 aromatic heterocycles. The lowest BCUT2D eigenvalue weighted by Crippen LogP contribution is -2.43. The first-order valence-electron chi connectivity index (χ1n) is 14.8. The average Bonchev–Trinajstić information content (AvgIpc) is 3.47. The lowest BCUT2D eigenvalue weighted by atomic mass is 9.93. The van der Waals surface area contributed by atoms with E-state index in [0.29, 0.717) is 12.3 Å². The van der Waals surface area contributed by atoms with Crippen molar-refractivity contribution in [2.75, 3.05) is 6.61 Å². The number of H-pyrrole nitrogens is 1. The molecule has 44 heavy (non-hydrogen) atoms. The molecule has 0 bridgehead atoms. The number of phenols is 1. The maximum absolute atomic E-state index is 13.8. The molecule has 0 atom stereocenters. The summed E-state index contributed by atoms with van der Waals surface area (Å²) in [6, 6.07) is 23.9. The number of phenolic OH excluding ortho intramolecular Hbond substituents is 1. The highest BCUT2D eigenvalue weighted by Gasteiger charge is 2.27. The van der Waals surface area contributed by atoms with Gasteiger partial charge in [0.25, 0.3) is 11.8 Å². The van der Waals surface area contributed by atoms with Gasteiger partial charge in [-0.25, -0.2) is 5.43 Å². The molecule has 8 nitrogen and oxygen atoms in total. The summed E-state index contributed by atoms with van der Waals surface area (Å²) in [4.78, 5) is 31.6. The first-order valence-corrected chi connectivity index (χ1v) is 15.2. The highest BCUT2D eigenvalue weighted by atomic mass is 35.5. The molecule has 0 aliphatic heterocycles. The van der Waals surface area contributed by atoms with Gasteiger partial charge in [-0.05, 0) is 60.2 Å². The second-order valence-electron chi connectivity index (χ2n) is 11.0. The summed E-state index contributed by atoms with van der Waals surface area (Å²) in [5, 5.41) is 16.6. The van der Waals surface area contributed by atoms with Crippen LogP contribution in [0, 0.1) is 0 Å². The van der Waals surface area contributed by atoms with Gasteiger partial charge in [-0.2, -0.15) is 5.10 Å². The molecule has 0 saturated heterocycles. The van der Waals surface area contributed by atoms with Gasteiger partial charge in [-0.15, -0.1) is 0 Å². The van der Waals surface area contributed by atoms with Crippen molar-refractivity contribution in [1.29, 1.82) is 0 Å².